The van der Waals surface area contributed by atoms with Gasteiger partial charge in [0.2, 0.25) is 0 Å². The summed E-state index contributed by atoms with van der Waals surface area (Å²) in [6.45, 7) is 4.48. The van der Waals surface area contributed by atoms with E-state index in [4.69, 9.17) is 4.74 Å². The minimum absolute atomic E-state index is 0.176. The monoisotopic (exact) mass is 267 g/mol. The van der Waals surface area contributed by atoms with E-state index in [1.807, 2.05) is 13.8 Å². The summed E-state index contributed by atoms with van der Waals surface area (Å²) in [4.78, 5) is 0. The summed E-state index contributed by atoms with van der Waals surface area (Å²) in [5.74, 6) is -1.59. The average molecular weight is 267 g/mol. The SMILES string of the molecule is CC(C)=CCOc1c(F)cc(CNC2CC2)cc1F. The maximum Gasteiger partial charge on any atom is 0.191 e. The van der Waals surface area contributed by atoms with Gasteiger partial charge in [-0.15, -0.1) is 0 Å². The molecule has 1 saturated carbocycles. The van der Waals surface area contributed by atoms with Crippen LogP contribution >= 0.6 is 0 Å². The van der Waals surface area contributed by atoms with Crippen LogP contribution in [0.25, 0.3) is 0 Å². The van der Waals surface area contributed by atoms with E-state index in [0.29, 0.717) is 18.2 Å². The lowest BCUT2D eigenvalue weighted by Gasteiger charge is -2.09. The molecule has 0 saturated heterocycles. The van der Waals surface area contributed by atoms with E-state index in [9.17, 15) is 8.78 Å². The van der Waals surface area contributed by atoms with Crippen molar-refractivity contribution in [2.45, 2.75) is 39.3 Å². The molecule has 2 rings (SSSR count). The Morgan fingerprint density at radius 2 is 1.95 bits per heavy atom. The fourth-order valence-electron chi connectivity index (χ4n) is 1.69. The molecule has 0 bridgehead atoms. The third kappa shape index (κ3) is 4.31. The maximum absolute atomic E-state index is 13.8. The summed E-state index contributed by atoms with van der Waals surface area (Å²) >= 11 is 0. The van der Waals surface area contributed by atoms with Crippen molar-refractivity contribution in [1.82, 2.24) is 5.32 Å². The second-order valence-corrected chi connectivity index (χ2v) is 5.14. The summed E-state index contributed by atoms with van der Waals surface area (Å²) in [6, 6.07) is 3.17. The quantitative estimate of drug-likeness (QED) is 0.796. The second kappa shape index (κ2) is 6.15. The predicted octanol–water partition coefficient (Wildman–Crippen LogP) is 3.56. The molecule has 0 heterocycles. The van der Waals surface area contributed by atoms with Gasteiger partial charge in [-0.2, -0.15) is 0 Å². The molecule has 0 aliphatic heterocycles. The van der Waals surface area contributed by atoms with Crippen LogP contribution in [-0.2, 0) is 6.54 Å². The van der Waals surface area contributed by atoms with Gasteiger partial charge in [-0.25, -0.2) is 8.78 Å². The van der Waals surface area contributed by atoms with Crippen LogP contribution in [0.4, 0.5) is 8.78 Å². The highest BCUT2D eigenvalue weighted by atomic mass is 19.1. The summed E-state index contributed by atoms with van der Waals surface area (Å²) in [5.41, 5.74) is 1.66. The molecule has 104 valence electrons. The first-order valence-electron chi connectivity index (χ1n) is 6.53. The van der Waals surface area contributed by atoms with Crippen molar-refractivity contribution in [2.24, 2.45) is 0 Å². The Bertz CT molecular complexity index is 454. The van der Waals surface area contributed by atoms with E-state index in [2.05, 4.69) is 5.32 Å². The zero-order valence-electron chi connectivity index (χ0n) is 11.3. The van der Waals surface area contributed by atoms with Crippen LogP contribution < -0.4 is 10.1 Å². The zero-order chi connectivity index (χ0) is 13.8. The van der Waals surface area contributed by atoms with Crippen molar-refractivity contribution in [1.29, 1.82) is 0 Å². The fraction of sp³-hybridized carbons (Fsp3) is 0.467. The van der Waals surface area contributed by atoms with Crippen LogP contribution in [0.15, 0.2) is 23.8 Å². The Morgan fingerprint density at radius 1 is 1.32 bits per heavy atom. The summed E-state index contributed by atoms with van der Waals surface area (Å²) in [5, 5.41) is 3.22. The van der Waals surface area contributed by atoms with E-state index >= 15 is 0 Å². The molecule has 19 heavy (non-hydrogen) atoms. The first kappa shape index (κ1) is 14.0. The summed E-state index contributed by atoms with van der Waals surface area (Å²) in [7, 11) is 0. The van der Waals surface area contributed by atoms with Crippen molar-refractivity contribution in [3.8, 4) is 5.75 Å². The molecule has 2 nitrogen and oxygen atoms in total. The number of hydrogen-bond acceptors (Lipinski definition) is 2. The molecule has 0 spiro atoms. The molecule has 1 fully saturated rings. The Kier molecular flexibility index (Phi) is 4.53. The van der Waals surface area contributed by atoms with Crippen molar-refractivity contribution in [3.63, 3.8) is 0 Å². The second-order valence-electron chi connectivity index (χ2n) is 5.14. The normalized spacial score (nSPS) is 14.3. The minimum atomic E-state index is -0.644. The number of rotatable bonds is 6. The maximum atomic E-state index is 13.8. The Balaban J connectivity index is 2.00. The van der Waals surface area contributed by atoms with Gasteiger partial charge in [0.15, 0.2) is 17.4 Å². The molecule has 4 heteroatoms. The Hall–Kier alpha value is -1.42. The van der Waals surface area contributed by atoms with Gasteiger partial charge in [0, 0.05) is 12.6 Å². The highest BCUT2D eigenvalue weighted by molar-refractivity contribution is 5.31. The highest BCUT2D eigenvalue weighted by Gasteiger charge is 2.20. The van der Waals surface area contributed by atoms with Gasteiger partial charge in [0.1, 0.15) is 6.61 Å². The smallest absolute Gasteiger partial charge is 0.191 e. The van der Waals surface area contributed by atoms with Crippen LogP contribution in [-0.4, -0.2) is 12.6 Å². The van der Waals surface area contributed by atoms with Gasteiger partial charge in [0.25, 0.3) is 0 Å². The van der Waals surface area contributed by atoms with E-state index in [0.717, 1.165) is 18.4 Å². The van der Waals surface area contributed by atoms with E-state index in [1.165, 1.54) is 12.1 Å². The van der Waals surface area contributed by atoms with Gasteiger partial charge >= 0.3 is 0 Å². The van der Waals surface area contributed by atoms with Crippen molar-refractivity contribution in [2.75, 3.05) is 6.61 Å². The predicted molar refractivity (Wildman–Crippen MR) is 71.1 cm³/mol. The molecule has 1 aromatic carbocycles. The highest BCUT2D eigenvalue weighted by Crippen LogP contribution is 2.24. The molecule has 1 aliphatic carbocycles. The van der Waals surface area contributed by atoms with Gasteiger partial charge in [-0.1, -0.05) is 5.57 Å². The average Bonchev–Trinajstić information content (AvgIpc) is 3.13. The Labute approximate surface area is 112 Å². The molecular formula is C15H19F2NO. The van der Waals surface area contributed by atoms with Crippen LogP contribution in [0, 0.1) is 11.6 Å². The fourth-order valence-corrected chi connectivity index (χ4v) is 1.69. The van der Waals surface area contributed by atoms with Crippen LogP contribution in [0.1, 0.15) is 32.3 Å². The lowest BCUT2D eigenvalue weighted by molar-refractivity contribution is 0.319. The largest absolute Gasteiger partial charge is 0.483 e. The van der Waals surface area contributed by atoms with E-state index in [1.54, 1.807) is 6.08 Å². The molecule has 0 aromatic heterocycles. The van der Waals surface area contributed by atoms with Gasteiger partial charge in [-0.3, -0.25) is 0 Å². The molecular weight excluding hydrogens is 248 g/mol. The van der Waals surface area contributed by atoms with Crippen LogP contribution in [0.2, 0.25) is 0 Å². The molecule has 0 radical (unpaired) electrons. The standard InChI is InChI=1S/C15H19F2NO/c1-10(2)5-6-19-15-13(16)7-11(8-14(15)17)9-18-12-3-4-12/h5,7-8,12,18H,3-4,6,9H2,1-2H3. The van der Waals surface area contributed by atoms with Crippen molar-refractivity contribution in [3.05, 3.63) is 41.0 Å². The third-order valence-electron chi connectivity index (χ3n) is 2.95. The van der Waals surface area contributed by atoms with E-state index < -0.39 is 11.6 Å². The molecule has 0 atom stereocenters. The van der Waals surface area contributed by atoms with Gasteiger partial charge in [-0.05, 0) is 50.5 Å². The Morgan fingerprint density at radius 3 is 2.47 bits per heavy atom. The molecule has 0 amide bonds. The van der Waals surface area contributed by atoms with Gasteiger partial charge in [0.05, 0.1) is 0 Å². The number of nitrogens with one attached hydrogen (secondary N) is 1. The lowest BCUT2D eigenvalue weighted by atomic mass is 10.2. The molecule has 1 aromatic rings. The first-order valence-corrected chi connectivity index (χ1v) is 6.53. The number of benzene rings is 1. The number of allylic oxidation sites excluding steroid dienone is 1. The number of hydrogen-bond donors (Lipinski definition) is 1. The minimum Gasteiger partial charge on any atom is -0.483 e. The number of halogens is 2. The molecule has 1 aliphatic rings. The van der Waals surface area contributed by atoms with Crippen LogP contribution in [0.5, 0.6) is 5.75 Å². The topological polar surface area (TPSA) is 21.3 Å². The molecule has 0 unspecified atom stereocenters. The van der Waals surface area contributed by atoms with Crippen LogP contribution in [0.3, 0.4) is 0 Å². The first-order chi connectivity index (χ1) is 9.06. The van der Waals surface area contributed by atoms with E-state index in [-0.39, 0.29) is 12.4 Å². The third-order valence-corrected chi connectivity index (χ3v) is 2.95. The van der Waals surface area contributed by atoms with Gasteiger partial charge < -0.3 is 10.1 Å². The summed E-state index contributed by atoms with van der Waals surface area (Å²) < 4.78 is 32.6. The zero-order valence-corrected chi connectivity index (χ0v) is 11.3. The van der Waals surface area contributed by atoms with Crippen molar-refractivity contribution < 1.29 is 13.5 Å². The summed E-state index contributed by atoms with van der Waals surface area (Å²) in [6.07, 6.45) is 4.07. The van der Waals surface area contributed by atoms with Crippen molar-refractivity contribution >= 4 is 0 Å². The molecule has 1 N–H and O–H groups in total. The number of ether oxygens (including phenoxy) is 1. The lowest BCUT2D eigenvalue weighted by Crippen LogP contribution is -2.15.